The molecule has 1 rings (SSSR count). The van der Waals surface area contributed by atoms with Crippen molar-refractivity contribution in [3.8, 4) is 0 Å². The fourth-order valence-corrected chi connectivity index (χ4v) is 3.81. The number of esters is 2. The lowest BCUT2D eigenvalue weighted by molar-refractivity contribution is -0.135. The molecule has 4 nitrogen and oxygen atoms in total. The van der Waals surface area contributed by atoms with Gasteiger partial charge in [-0.3, -0.25) is 0 Å². The zero-order valence-corrected chi connectivity index (χ0v) is 18.1. The van der Waals surface area contributed by atoms with Gasteiger partial charge in [0.05, 0.1) is 14.2 Å². The Bertz CT molecular complexity index is 435. The van der Waals surface area contributed by atoms with Crippen LogP contribution in [-0.2, 0) is 19.1 Å². The summed E-state index contributed by atoms with van der Waals surface area (Å²) in [5.74, 6) is -0.430. The van der Waals surface area contributed by atoms with Crippen molar-refractivity contribution in [1.82, 2.24) is 0 Å². The third kappa shape index (κ3) is 12.7. The summed E-state index contributed by atoms with van der Waals surface area (Å²) < 4.78 is 9.62. The molecule has 0 heterocycles. The summed E-state index contributed by atoms with van der Waals surface area (Å²) in [5.41, 5.74) is 2.51. The summed E-state index contributed by atoms with van der Waals surface area (Å²) in [6.07, 6.45) is 21.9. The molecule has 0 aromatic rings. The van der Waals surface area contributed by atoms with E-state index in [4.69, 9.17) is 9.47 Å². The Kier molecular flexibility index (Phi) is 14.3. The van der Waals surface area contributed by atoms with Crippen molar-refractivity contribution in [2.75, 3.05) is 14.2 Å². The van der Waals surface area contributed by atoms with E-state index in [1.54, 1.807) is 12.2 Å². The van der Waals surface area contributed by atoms with Gasteiger partial charge in [-0.15, -0.1) is 0 Å². The van der Waals surface area contributed by atoms with Crippen molar-refractivity contribution in [2.24, 2.45) is 0 Å². The van der Waals surface area contributed by atoms with Crippen LogP contribution >= 0.6 is 0 Å². The van der Waals surface area contributed by atoms with E-state index in [-0.39, 0.29) is 11.9 Å². The fourth-order valence-electron chi connectivity index (χ4n) is 3.81. The van der Waals surface area contributed by atoms with Crippen LogP contribution in [0.4, 0.5) is 0 Å². The minimum absolute atomic E-state index is 0.215. The van der Waals surface area contributed by atoms with Gasteiger partial charge >= 0.3 is 11.9 Å². The molecular weight excluding hydrogens is 352 g/mol. The van der Waals surface area contributed by atoms with E-state index in [0.29, 0.717) is 0 Å². The monoisotopic (exact) mass is 392 g/mol. The van der Waals surface area contributed by atoms with Gasteiger partial charge in [-0.25, -0.2) is 9.59 Å². The van der Waals surface area contributed by atoms with Gasteiger partial charge in [0.25, 0.3) is 0 Å². The molecule has 0 unspecified atom stereocenters. The van der Waals surface area contributed by atoms with Crippen molar-refractivity contribution in [2.45, 2.75) is 103 Å². The number of hydrogen-bond acceptors (Lipinski definition) is 4. The number of carbonyl (C=O) groups excluding carboxylic acids is 2. The van der Waals surface area contributed by atoms with Crippen molar-refractivity contribution >= 4 is 11.9 Å². The molecule has 0 aromatic heterocycles. The van der Waals surface area contributed by atoms with Gasteiger partial charge in [-0.1, -0.05) is 62.5 Å². The zero-order valence-electron chi connectivity index (χ0n) is 18.1. The first-order valence-electron chi connectivity index (χ1n) is 11.2. The van der Waals surface area contributed by atoms with Crippen LogP contribution in [0.2, 0.25) is 0 Å². The van der Waals surface area contributed by atoms with E-state index in [2.05, 4.69) is 0 Å². The molecule has 0 spiro atoms. The summed E-state index contributed by atoms with van der Waals surface area (Å²) in [6, 6.07) is 0. The molecule has 1 fully saturated rings. The maximum atomic E-state index is 11.6. The predicted octanol–water partition coefficient (Wildman–Crippen LogP) is 6.44. The molecule has 1 aliphatic rings. The summed E-state index contributed by atoms with van der Waals surface area (Å²) in [5, 5.41) is 0. The normalized spacial score (nSPS) is 19.1. The van der Waals surface area contributed by atoms with Crippen molar-refractivity contribution in [3.63, 3.8) is 0 Å². The van der Waals surface area contributed by atoms with Crippen molar-refractivity contribution < 1.29 is 19.1 Å². The smallest absolute Gasteiger partial charge is 0.330 e. The number of ether oxygens (including phenoxy) is 2. The highest BCUT2D eigenvalue weighted by atomic mass is 16.5. The maximum absolute atomic E-state index is 11.6. The maximum Gasteiger partial charge on any atom is 0.330 e. The van der Waals surface area contributed by atoms with E-state index in [9.17, 15) is 9.59 Å². The van der Waals surface area contributed by atoms with Crippen molar-refractivity contribution in [3.05, 3.63) is 23.3 Å². The third-order valence-electron chi connectivity index (χ3n) is 5.54. The minimum atomic E-state index is -0.215. The summed E-state index contributed by atoms with van der Waals surface area (Å²) in [6.45, 7) is 0. The van der Waals surface area contributed by atoms with Crippen LogP contribution in [0.15, 0.2) is 23.3 Å². The Morgan fingerprint density at radius 3 is 1.04 bits per heavy atom. The highest BCUT2D eigenvalue weighted by Gasteiger charge is 2.06. The lowest BCUT2D eigenvalue weighted by atomic mass is 9.96. The molecule has 0 aromatic carbocycles. The average Bonchev–Trinajstić information content (AvgIpc) is 2.70. The Hall–Kier alpha value is -1.58. The van der Waals surface area contributed by atoms with Gasteiger partial charge in [0.2, 0.25) is 0 Å². The molecule has 0 saturated heterocycles. The zero-order chi connectivity index (χ0) is 20.5. The summed E-state index contributed by atoms with van der Waals surface area (Å²) in [7, 11) is 2.90. The molecule has 0 amide bonds. The first-order valence-corrected chi connectivity index (χ1v) is 11.2. The average molecular weight is 393 g/mol. The second-order valence-electron chi connectivity index (χ2n) is 7.89. The molecule has 0 aliphatic heterocycles. The SMILES string of the molecule is COC(=O)C=C1CCCCCCCCC(=CC(=O)OC)CCCCCCCC1. The van der Waals surface area contributed by atoms with E-state index in [1.165, 1.54) is 76.7 Å². The molecular formula is C24H40O4. The van der Waals surface area contributed by atoms with E-state index in [0.717, 1.165) is 51.4 Å². The molecule has 0 N–H and O–H groups in total. The highest BCUT2D eigenvalue weighted by molar-refractivity contribution is 5.83. The first kappa shape index (κ1) is 24.5. The lowest BCUT2D eigenvalue weighted by Crippen LogP contribution is -1.99. The number of carbonyl (C=O) groups is 2. The van der Waals surface area contributed by atoms with Crippen LogP contribution in [0.25, 0.3) is 0 Å². The molecule has 0 bridgehead atoms. The van der Waals surface area contributed by atoms with E-state index >= 15 is 0 Å². The van der Waals surface area contributed by atoms with Crippen LogP contribution < -0.4 is 0 Å². The quantitative estimate of drug-likeness (QED) is 0.401. The number of hydrogen-bond donors (Lipinski definition) is 0. The Morgan fingerprint density at radius 1 is 0.536 bits per heavy atom. The van der Waals surface area contributed by atoms with Gasteiger partial charge in [-0.2, -0.15) is 0 Å². The van der Waals surface area contributed by atoms with E-state index in [1.807, 2.05) is 0 Å². The van der Waals surface area contributed by atoms with Gasteiger partial charge < -0.3 is 9.47 Å². The van der Waals surface area contributed by atoms with Gasteiger partial charge in [-0.05, 0) is 51.4 Å². The molecule has 0 radical (unpaired) electrons. The van der Waals surface area contributed by atoms with Crippen LogP contribution in [0, 0.1) is 0 Å². The second kappa shape index (κ2) is 16.4. The molecule has 160 valence electrons. The summed E-state index contributed by atoms with van der Waals surface area (Å²) in [4.78, 5) is 23.2. The predicted molar refractivity (Wildman–Crippen MR) is 114 cm³/mol. The number of rotatable bonds is 2. The Labute approximate surface area is 171 Å². The van der Waals surface area contributed by atoms with Gasteiger partial charge in [0.1, 0.15) is 0 Å². The minimum Gasteiger partial charge on any atom is -0.466 e. The second-order valence-corrected chi connectivity index (χ2v) is 7.89. The lowest BCUT2D eigenvalue weighted by Gasteiger charge is -2.10. The Balaban J connectivity index is 2.52. The molecule has 0 atom stereocenters. The van der Waals surface area contributed by atoms with Crippen LogP contribution in [0.5, 0.6) is 0 Å². The number of methoxy groups -OCH3 is 2. The molecule has 1 aliphatic carbocycles. The fraction of sp³-hybridized carbons (Fsp3) is 0.750. The highest BCUT2D eigenvalue weighted by Crippen LogP contribution is 2.22. The topological polar surface area (TPSA) is 52.6 Å². The van der Waals surface area contributed by atoms with Crippen molar-refractivity contribution in [1.29, 1.82) is 0 Å². The van der Waals surface area contributed by atoms with Gasteiger partial charge in [0, 0.05) is 12.2 Å². The van der Waals surface area contributed by atoms with Crippen LogP contribution in [0.1, 0.15) is 103 Å². The molecule has 28 heavy (non-hydrogen) atoms. The molecule has 1 saturated carbocycles. The molecule has 4 heteroatoms. The Morgan fingerprint density at radius 2 is 0.786 bits per heavy atom. The van der Waals surface area contributed by atoms with Crippen LogP contribution in [0.3, 0.4) is 0 Å². The largest absolute Gasteiger partial charge is 0.466 e. The third-order valence-corrected chi connectivity index (χ3v) is 5.54. The van der Waals surface area contributed by atoms with Gasteiger partial charge in [0.15, 0.2) is 0 Å². The first-order chi connectivity index (χ1) is 13.7. The summed E-state index contributed by atoms with van der Waals surface area (Å²) >= 11 is 0. The standard InChI is InChI=1S/C24H40O4/c1-27-23(25)19-21-15-11-7-3-5-9-13-17-22(20-24(26)28-2)18-14-10-6-4-8-12-16-21/h19-20H,3-18H2,1-2H3. The van der Waals surface area contributed by atoms with E-state index < -0.39 is 0 Å². The van der Waals surface area contributed by atoms with Crippen LogP contribution in [-0.4, -0.2) is 26.2 Å². The number of allylic oxidation sites excluding steroid dienone is 2.